The lowest BCUT2D eigenvalue weighted by atomic mass is 10.3. The number of nitrogens with one attached hydrogen (secondary N) is 2. The van der Waals surface area contributed by atoms with Crippen molar-refractivity contribution in [1.29, 1.82) is 0 Å². The van der Waals surface area contributed by atoms with E-state index in [9.17, 15) is 13.2 Å². The molecule has 0 spiro atoms. The summed E-state index contributed by atoms with van der Waals surface area (Å²) >= 11 is 3.95. The fourth-order valence-electron chi connectivity index (χ4n) is 1.62. The van der Waals surface area contributed by atoms with Crippen LogP contribution in [0.15, 0.2) is 27.1 Å². The number of thiophene rings is 1. The number of aromatic amines is 1. The van der Waals surface area contributed by atoms with E-state index < -0.39 is 16.0 Å². The fourth-order valence-corrected chi connectivity index (χ4v) is 5.09. The van der Waals surface area contributed by atoms with Gasteiger partial charge in [0.1, 0.15) is 15.6 Å². The number of aryl methyl sites for hydroxylation is 1. The van der Waals surface area contributed by atoms with E-state index in [0.29, 0.717) is 12.8 Å². The lowest BCUT2D eigenvalue weighted by Gasteiger charge is -2.04. The number of hydrogen-bond acceptors (Lipinski definition) is 5. The molecule has 2 aromatic heterocycles. The Hall–Kier alpha value is -1.23. The number of carboxylic acids is 1. The Bertz CT molecular complexity index is 725. The largest absolute Gasteiger partial charge is 0.477 e. The zero-order valence-electron chi connectivity index (χ0n) is 10.7. The van der Waals surface area contributed by atoms with E-state index in [1.165, 1.54) is 0 Å². The summed E-state index contributed by atoms with van der Waals surface area (Å²) in [5.41, 5.74) is 0. The van der Waals surface area contributed by atoms with Gasteiger partial charge in [-0.3, -0.25) is 0 Å². The van der Waals surface area contributed by atoms with E-state index in [-0.39, 0.29) is 20.1 Å². The fraction of sp³-hybridized carbons (Fsp3) is 0.273. The maximum absolute atomic E-state index is 12.1. The monoisotopic (exact) mass is 393 g/mol. The number of sulfonamides is 1. The maximum atomic E-state index is 12.1. The summed E-state index contributed by atoms with van der Waals surface area (Å²) in [5, 5.41) is 8.87. The molecule has 10 heteroatoms. The Morgan fingerprint density at radius 3 is 2.86 bits per heavy atom. The van der Waals surface area contributed by atoms with Crippen LogP contribution in [-0.2, 0) is 16.4 Å². The van der Waals surface area contributed by atoms with Gasteiger partial charge in [-0.15, -0.1) is 11.3 Å². The van der Waals surface area contributed by atoms with E-state index >= 15 is 0 Å². The number of halogens is 1. The molecule has 0 atom stereocenters. The molecule has 0 bridgehead atoms. The van der Waals surface area contributed by atoms with Crippen LogP contribution in [0.1, 0.15) is 21.9 Å². The number of aromatic nitrogens is 2. The first-order valence-corrected chi connectivity index (χ1v) is 9.00. The number of H-pyrrole nitrogens is 1. The average molecular weight is 394 g/mol. The second kappa shape index (κ2) is 6.69. The highest BCUT2D eigenvalue weighted by atomic mass is 79.9. The van der Waals surface area contributed by atoms with Gasteiger partial charge in [-0.25, -0.2) is 22.9 Å². The highest BCUT2D eigenvalue weighted by molar-refractivity contribution is 9.11. The molecule has 0 aliphatic carbocycles. The van der Waals surface area contributed by atoms with Gasteiger partial charge in [0.25, 0.3) is 0 Å². The Labute approximate surface area is 133 Å². The molecule has 114 valence electrons. The summed E-state index contributed by atoms with van der Waals surface area (Å²) in [7, 11) is -3.73. The van der Waals surface area contributed by atoms with Gasteiger partial charge in [-0.1, -0.05) is 0 Å². The van der Waals surface area contributed by atoms with Gasteiger partial charge in [-0.05, 0) is 28.4 Å². The van der Waals surface area contributed by atoms with Crippen LogP contribution in [0.5, 0.6) is 0 Å². The molecule has 3 N–H and O–H groups in total. The third-order valence-electron chi connectivity index (χ3n) is 2.59. The van der Waals surface area contributed by atoms with Crippen molar-refractivity contribution < 1.29 is 18.3 Å². The van der Waals surface area contributed by atoms with Crippen LogP contribution in [0, 0.1) is 0 Å². The average Bonchev–Trinajstić information content (AvgIpc) is 3.04. The number of aromatic carboxylic acids is 1. The van der Waals surface area contributed by atoms with Crippen molar-refractivity contribution in [2.24, 2.45) is 0 Å². The van der Waals surface area contributed by atoms with Crippen molar-refractivity contribution >= 4 is 43.3 Å². The Kier molecular flexibility index (Phi) is 5.14. The molecule has 2 aromatic rings. The molecule has 0 saturated heterocycles. The van der Waals surface area contributed by atoms with Crippen molar-refractivity contribution in [3.05, 3.63) is 32.9 Å². The van der Waals surface area contributed by atoms with Crippen LogP contribution in [0.4, 0.5) is 0 Å². The van der Waals surface area contributed by atoms with E-state index in [1.54, 1.807) is 12.4 Å². The van der Waals surface area contributed by atoms with Gasteiger partial charge in [0.2, 0.25) is 10.0 Å². The topological polar surface area (TPSA) is 112 Å². The molecule has 0 aliphatic heterocycles. The van der Waals surface area contributed by atoms with Gasteiger partial charge >= 0.3 is 5.97 Å². The predicted molar refractivity (Wildman–Crippen MR) is 81.1 cm³/mol. The number of carboxylic acid groups (broad SMARTS) is 1. The lowest BCUT2D eigenvalue weighted by molar-refractivity contribution is 0.0702. The summed E-state index contributed by atoms with van der Waals surface area (Å²) in [4.78, 5) is 17.7. The molecule has 7 nitrogen and oxygen atoms in total. The van der Waals surface area contributed by atoms with Gasteiger partial charge in [-0.2, -0.15) is 0 Å². The van der Waals surface area contributed by atoms with E-state index in [2.05, 4.69) is 30.6 Å². The standard InChI is InChI=1S/C11H12BrN3O4S2/c12-10-8(6-7(20-10)11(16)17)21(18,19)15-3-1-2-9-13-4-5-14-9/h4-6,15H,1-3H2,(H,13,14)(H,16,17). The quantitative estimate of drug-likeness (QED) is 0.621. The highest BCUT2D eigenvalue weighted by Gasteiger charge is 2.22. The van der Waals surface area contributed by atoms with Crippen LogP contribution in [0.3, 0.4) is 0 Å². The Balaban J connectivity index is 1.96. The molecule has 0 radical (unpaired) electrons. The first-order chi connectivity index (χ1) is 9.90. The number of nitrogens with zero attached hydrogens (tertiary/aromatic N) is 1. The van der Waals surface area contributed by atoms with E-state index in [4.69, 9.17) is 5.11 Å². The summed E-state index contributed by atoms with van der Waals surface area (Å²) in [6.07, 6.45) is 4.55. The number of imidazole rings is 1. The molecule has 21 heavy (non-hydrogen) atoms. The molecule has 0 aromatic carbocycles. The Morgan fingerprint density at radius 2 is 2.29 bits per heavy atom. The summed E-state index contributed by atoms with van der Waals surface area (Å²) < 4.78 is 26.9. The predicted octanol–water partition coefficient (Wildman–Crippen LogP) is 1.84. The number of carbonyl (C=O) groups is 1. The molecule has 0 saturated carbocycles. The third kappa shape index (κ3) is 4.13. The van der Waals surface area contributed by atoms with Crippen molar-refractivity contribution in [1.82, 2.24) is 14.7 Å². The van der Waals surface area contributed by atoms with Gasteiger partial charge in [0.15, 0.2) is 0 Å². The zero-order chi connectivity index (χ0) is 15.5. The van der Waals surface area contributed by atoms with Crippen LogP contribution in [-0.4, -0.2) is 36.0 Å². The normalized spacial score (nSPS) is 11.7. The first kappa shape index (κ1) is 16.1. The second-order valence-electron chi connectivity index (χ2n) is 4.09. The van der Waals surface area contributed by atoms with Crippen molar-refractivity contribution in [2.75, 3.05) is 6.54 Å². The minimum atomic E-state index is -3.73. The van der Waals surface area contributed by atoms with Crippen molar-refractivity contribution in [3.8, 4) is 0 Å². The Morgan fingerprint density at radius 1 is 1.52 bits per heavy atom. The number of hydrogen-bond donors (Lipinski definition) is 3. The number of rotatable bonds is 7. The van der Waals surface area contributed by atoms with E-state index in [0.717, 1.165) is 23.2 Å². The SMILES string of the molecule is O=C(O)c1cc(S(=O)(=O)NCCCc2ncc[nH]2)c(Br)s1. The third-order valence-corrected chi connectivity index (χ3v) is 6.29. The van der Waals surface area contributed by atoms with Crippen LogP contribution in [0.25, 0.3) is 0 Å². The van der Waals surface area contributed by atoms with Gasteiger partial charge < -0.3 is 10.1 Å². The maximum Gasteiger partial charge on any atom is 0.345 e. The molecular weight excluding hydrogens is 382 g/mol. The van der Waals surface area contributed by atoms with Gasteiger partial charge in [0, 0.05) is 25.4 Å². The second-order valence-corrected chi connectivity index (χ2v) is 8.20. The molecular formula is C11H12BrN3O4S2. The van der Waals surface area contributed by atoms with Gasteiger partial charge in [0.05, 0.1) is 3.79 Å². The molecule has 0 fully saturated rings. The summed E-state index contributed by atoms with van der Waals surface area (Å²) in [6, 6.07) is 1.14. The van der Waals surface area contributed by atoms with Crippen LogP contribution < -0.4 is 4.72 Å². The highest BCUT2D eigenvalue weighted by Crippen LogP contribution is 2.31. The molecule has 2 rings (SSSR count). The molecule has 0 unspecified atom stereocenters. The van der Waals surface area contributed by atoms with Crippen LogP contribution >= 0.6 is 27.3 Å². The minimum absolute atomic E-state index is 0.0298. The van der Waals surface area contributed by atoms with Crippen LogP contribution in [0.2, 0.25) is 0 Å². The summed E-state index contributed by atoms with van der Waals surface area (Å²) in [6.45, 7) is 0.244. The summed E-state index contributed by atoms with van der Waals surface area (Å²) in [5.74, 6) is -0.362. The smallest absolute Gasteiger partial charge is 0.345 e. The van der Waals surface area contributed by atoms with Crippen molar-refractivity contribution in [3.63, 3.8) is 0 Å². The molecule has 0 amide bonds. The first-order valence-electron chi connectivity index (χ1n) is 5.90. The minimum Gasteiger partial charge on any atom is -0.477 e. The lowest BCUT2D eigenvalue weighted by Crippen LogP contribution is -2.25. The zero-order valence-corrected chi connectivity index (χ0v) is 13.9. The molecule has 2 heterocycles. The molecule has 0 aliphatic rings. The van der Waals surface area contributed by atoms with E-state index in [1.807, 2.05) is 0 Å². The van der Waals surface area contributed by atoms with Crippen molar-refractivity contribution in [2.45, 2.75) is 17.7 Å².